The standard InChI is InChI=1S/C73H53NO/c1-3-71(4-2)65-43-46(34-39-54(65)55-40-36-48(45-66(55)71)74-68-31-17-9-23-56(68)57-24-10-18-32-69(57)74)33-37-49-38-42-70(75-49)47-35-41-64-67(44-47)73(60-27-13-7-21-52(60)53-22-8-14-28-61(53)73)63-30-16-15-29-62(63)72(64)58-25-11-5-19-50(58)51-20-6-12-26-59(51)72/h5-41,43-45,70H,3-4,42H2,1-2H3/b37-33+. The Morgan fingerprint density at radius 3 is 1.43 bits per heavy atom. The van der Waals surface area contributed by atoms with Gasteiger partial charge in [0.15, 0.2) is 0 Å². The Morgan fingerprint density at radius 2 is 0.867 bits per heavy atom. The van der Waals surface area contributed by atoms with Gasteiger partial charge in [-0.3, -0.25) is 0 Å². The minimum Gasteiger partial charge on any atom is -0.486 e. The van der Waals surface area contributed by atoms with Crippen molar-refractivity contribution in [2.45, 2.75) is 55.5 Å². The average molecular weight is 960 g/mol. The molecule has 2 heteroatoms. The minimum absolute atomic E-state index is 0.0938. The average Bonchev–Trinajstić information content (AvgIpc) is 4.38. The molecule has 1 atom stereocenters. The smallest absolute Gasteiger partial charge is 0.127 e. The summed E-state index contributed by atoms with van der Waals surface area (Å²) in [4.78, 5) is 0. The number of benzene rings is 10. The third-order valence-electron chi connectivity index (χ3n) is 18.5. The molecular formula is C73H53NO. The second-order valence-electron chi connectivity index (χ2n) is 21.5. The Kier molecular flexibility index (Phi) is 8.92. The first-order valence-electron chi connectivity index (χ1n) is 27.0. The van der Waals surface area contributed by atoms with Crippen LogP contribution in [0.5, 0.6) is 0 Å². The van der Waals surface area contributed by atoms with Crippen molar-refractivity contribution in [2.24, 2.45) is 0 Å². The molecule has 356 valence electrons. The molecule has 1 aromatic heterocycles. The van der Waals surface area contributed by atoms with Gasteiger partial charge in [0.25, 0.3) is 0 Å². The first-order chi connectivity index (χ1) is 37.1. The van der Waals surface area contributed by atoms with Gasteiger partial charge in [0.05, 0.1) is 21.9 Å². The summed E-state index contributed by atoms with van der Waals surface area (Å²) in [5.41, 5.74) is 26.6. The maximum atomic E-state index is 7.06. The molecule has 4 aliphatic carbocycles. The zero-order valence-corrected chi connectivity index (χ0v) is 42.1. The summed E-state index contributed by atoms with van der Waals surface area (Å²) >= 11 is 0. The van der Waals surface area contributed by atoms with Crippen LogP contribution in [-0.2, 0) is 21.0 Å². The van der Waals surface area contributed by atoms with Crippen LogP contribution < -0.4 is 0 Å². The fourth-order valence-electron chi connectivity index (χ4n) is 15.4. The summed E-state index contributed by atoms with van der Waals surface area (Å²) in [7, 11) is 0. The SMILES string of the molecule is CCC1(CC)c2cc(/C=C/C3=CCC(c4ccc5c(c4)C4(c6ccccc6-c6ccccc64)c4ccccc4C54c5ccccc5-c5ccccc54)O3)ccc2-c2ccc(-n3c4ccccc4c4ccccc43)cc21. The van der Waals surface area contributed by atoms with Crippen molar-refractivity contribution in [1.82, 2.24) is 4.57 Å². The minimum atomic E-state index is -0.534. The fourth-order valence-corrected chi connectivity index (χ4v) is 15.4. The molecule has 0 saturated heterocycles. The zero-order valence-electron chi connectivity index (χ0n) is 42.1. The largest absolute Gasteiger partial charge is 0.486 e. The lowest BCUT2D eigenvalue weighted by atomic mass is 9.52. The lowest BCUT2D eigenvalue weighted by molar-refractivity contribution is 0.154. The molecule has 0 fully saturated rings. The Labute approximate surface area is 438 Å². The predicted molar refractivity (Wildman–Crippen MR) is 308 cm³/mol. The molecule has 1 unspecified atom stereocenters. The van der Waals surface area contributed by atoms with Crippen molar-refractivity contribution in [1.29, 1.82) is 0 Å². The molecule has 1 aliphatic heterocycles. The number of para-hydroxylation sites is 2. The van der Waals surface area contributed by atoms with Crippen LogP contribution >= 0.6 is 0 Å². The maximum absolute atomic E-state index is 7.06. The summed E-state index contributed by atoms with van der Waals surface area (Å²) in [6.45, 7) is 4.73. The van der Waals surface area contributed by atoms with Crippen LogP contribution in [0.3, 0.4) is 0 Å². The van der Waals surface area contributed by atoms with Crippen molar-refractivity contribution in [3.8, 4) is 39.1 Å². The second-order valence-corrected chi connectivity index (χ2v) is 21.5. The normalized spacial score (nSPS) is 17.0. The van der Waals surface area contributed by atoms with Crippen molar-refractivity contribution in [3.05, 3.63) is 309 Å². The molecule has 0 bridgehead atoms. The topological polar surface area (TPSA) is 14.2 Å². The van der Waals surface area contributed by atoms with Crippen LogP contribution in [0.15, 0.2) is 242 Å². The quantitative estimate of drug-likeness (QED) is 0.162. The first kappa shape index (κ1) is 42.8. The van der Waals surface area contributed by atoms with Crippen molar-refractivity contribution in [2.75, 3.05) is 0 Å². The number of nitrogens with zero attached hydrogens (tertiary/aromatic N) is 1. The molecule has 75 heavy (non-hydrogen) atoms. The summed E-state index contributed by atoms with van der Waals surface area (Å²) < 4.78 is 9.51. The van der Waals surface area contributed by atoms with E-state index in [9.17, 15) is 0 Å². The van der Waals surface area contributed by atoms with Gasteiger partial charge in [-0.05, 0) is 149 Å². The van der Waals surface area contributed by atoms with E-state index in [1.165, 1.54) is 128 Å². The number of aromatic nitrogens is 1. The molecule has 10 aromatic carbocycles. The van der Waals surface area contributed by atoms with E-state index in [-0.39, 0.29) is 11.5 Å². The highest BCUT2D eigenvalue weighted by Gasteiger charge is 2.59. The molecule has 16 rings (SSSR count). The van der Waals surface area contributed by atoms with E-state index in [1.54, 1.807) is 0 Å². The summed E-state index contributed by atoms with van der Waals surface area (Å²) in [5.74, 6) is 0.918. The van der Waals surface area contributed by atoms with E-state index in [2.05, 4.69) is 261 Å². The Hall–Kier alpha value is -8.72. The van der Waals surface area contributed by atoms with Gasteiger partial charge >= 0.3 is 0 Å². The van der Waals surface area contributed by atoms with Crippen molar-refractivity contribution in [3.63, 3.8) is 0 Å². The number of rotatable bonds is 6. The number of hydrogen-bond donors (Lipinski definition) is 0. The van der Waals surface area contributed by atoms with E-state index in [4.69, 9.17) is 4.74 Å². The molecule has 5 aliphatic rings. The molecule has 0 saturated carbocycles. The Balaban J connectivity index is 0.778. The van der Waals surface area contributed by atoms with Gasteiger partial charge in [0.2, 0.25) is 0 Å². The van der Waals surface area contributed by atoms with Gasteiger partial charge in [-0.25, -0.2) is 0 Å². The van der Waals surface area contributed by atoms with Gasteiger partial charge in [-0.15, -0.1) is 0 Å². The van der Waals surface area contributed by atoms with Crippen molar-refractivity contribution >= 4 is 27.9 Å². The van der Waals surface area contributed by atoms with E-state index in [1.807, 2.05) is 0 Å². The van der Waals surface area contributed by atoms with Crippen LogP contribution in [0.2, 0.25) is 0 Å². The van der Waals surface area contributed by atoms with Crippen LogP contribution in [0.25, 0.3) is 66.9 Å². The summed E-state index contributed by atoms with van der Waals surface area (Å²) in [5, 5.41) is 2.58. The number of fused-ring (bicyclic) bond motifs is 22. The van der Waals surface area contributed by atoms with E-state index >= 15 is 0 Å². The summed E-state index contributed by atoms with van der Waals surface area (Å²) in [6.07, 6.45) is 9.47. The highest BCUT2D eigenvalue weighted by molar-refractivity contribution is 6.09. The Bertz CT molecular complexity index is 4160. The Morgan fingerprint density at radius 1 is 0.413 bits per heavy atom. The van der Waals surface area contributed by atoms with E-state index < -0.39 is 10.8 Å². The maximum Gasteiger partial charge on any atom is 0.127 e. The zero-order chi connectivity index (χ0) is 49.6. The highest BCUT2D eigenvalue weighted by atomic mass is 16.5. The number of hydrogen-bond acceptors (Lipinski definition) is 1. The van der Waals surface area contributed by atoms with Crippen LogP contribution in [-0.4, -0.2) is 4.57 Å². The molecule has 2 nitrogen and oxygen atoms in total. The lowest BCUT2D eigenvalue weighted by Gasteiger charge is -2.49. The second kappa shape index (κ2) is 15.7. The number of allylic oxidation sites excluding steroid dienone is 1. The third-order valence-corrected chi connectivity index (χ3v) is 18.5. The molecule has 2 spiro atoms. The van der Waals surface area contributed by atoms with Gasteiger partial charge in [0.1, 0.15) is 11.9 Å². The van der Waals surface area contributed by atoms with Crippen molar-refractivity contribution < 1.29 is 4.74 Å². The molecule has 0 N–H and O–H groups in total. The van der Waals surface area contributed by atoms with Crippen LogP contribution in [0.4, 0.5) is 0 Å². The number of ether oxygens (including phenoxy) is 1. The van der Waals surface area contributed by atoms with Crippen LogP contribution in [0.1, 0.15) is 106 Å². The predicted octanol–water partition coefficient (Wildman–Crippen LogP) is 18.0. The highest BCUT2D eigenvalue weighted by Crippen LogP contribution is 2.67. The van der Waals surface area contributed by atoms with Gasteiger partial charge in [-0.1, -0.05) is 220 Å². The molecular weight excluding hydrogens is 907 g/mol. The lowest BCUT2D eigenvalue weighted by Crippen LogP contribution is -2.44. The summed E-state index contributed by atoms with van der Waals surface area (Å²) in [6, 6.07) is 85.3. The monoisotopic (exact) mass is 959 g/mol. The van der Waals surface area contributed by atoms with Crippen LogP contribution in [0, 0.1) is 0 Å². The molecule has 0 radical (unpaired) electrons. The van der Waals surface area contributed by atoms with Gasteiger partial charge in [-0.2, -0.15) is 0 Å². The van der Waals surface area contributed by atoms with E-state index in [0.717, 1.165) is 25.0 Å². The van der Waals surface area contributed by atoms with E-state index in [0.29, 0.717) is 0 Å². The molecule has 11 aromatic rings. The third kappa shape index (κ3) is 5.44. The molecule has 2 heterocycles. The first-order valence-corrected chi connectivity index (χ1v) is 27.0. The van der Waals surface area contributed by atoms with Gasteiger partial charge in [0, 0.05) is 28.3 Å². The fraction of sp³-hybridized carbons (Fsp3) is 0.123. The molecule has 0 amide bonds. The van der Waals surface area contributed by atoms with Gasteiger partial charge < -0.3 is 9.30 Å².